The third-order valence-electron chi connectivity index (χ3n) is 2.67. The summed E-state index contributed by atoms with van der Waals surface area (Å²) in [6.45, 7) is 0.000864. The summed E-state index contributed by atoms with van der Waals surface area (Å²) in [6, 6.07) is 5.22. The van der Waals surface area contributed by atoms with Gasteiger partial charge in [0.15, 0.2) is 11.5 Å². The minimum absolute atomic E-state index is 0.0794. The molecule has 0 radical (unpaired) electrons. The van der Waals surface area contributed by atoms with Crippen molar-refractivity contribution >= 4 is 23.2 Å². The SMILES string of the molecule is COCCN(CC(=O)O)C(=O)c1cc(-c2cccs2)on1. The van der Waals surface area contributed by atoms with Gasteiger partial charge < -0.3 is 19.3 Å². The van der Waals surface area contributed by atoms with Gasteiger partial charge in [0.25, 0.3) is 5.91 Å². The van der Waals surface area contributed by atoms with Gasteiger partial charge in [-0.2, -0.15) is 0 Å². The number of rotatable bonds is 7. The molecule has 0 aliphatic rings. The van der Waals surface area contributed by atoms with Gasteiger partial charge in [-0.25, -0.2) is 0 Å². The second-order valence-electron chi connectivity index (χ2n) is 4.17. The Labute approximate surface area is 124 Å². The molecule has 2 aromatic heterocycles. The summed E-state index contributed by atoms with van der Waals surface area (Å²) in [5, 5.41) is 14.5. The lowest BCUT2D eigenvalue weighted by Gasteiger charge is -2.18. The van der Waals surface area contributed by atoms with Gasteiger partial charge in [-0.05, 0) is 11.4 Å². The van der Waals surface area contributed by atoms with E-state index in [2.05, 4.69) is 5.16 Å². The first-order valence-corrected chi connectivity index (χ1v) is 7.00. The predicted octanol–water partition coefficient (Wildman–Crippen LogP) is 1.58. The Morgan fingerprint density at radius 2 is 2.33 bits per heavy atom. The highest BCUT2D eigenvalue weighted by molar-refractivity contribution is 7.13. The molecule has 0 saturated heterocycles. The molecule has 21 heavy (non-hydrogen) atoms. The zero-order valence-corrected chi connectivity index (χ0v) is 12.1. The van der Waals surface area contributed by atoms with E-state index in [0.29, 0.717) is 5.76 Å². The first-order chi connectivity index (χ1) is 10.1. The molecule has 0 fully saturated rings. The number of thiophene rings is 1. The highest BCUT2D eigenvalue weighted by atomic mass is 32.1. The van der Waals surface area contributed by atoms with E-state index >= 15 is 0 Å². The Hall–Kier alpha value is -2.19. The van der Waals surface area contributed by atoms with E-state index in [9.17, 15) is 9.59 Å². The minimum atomic E-state index is -1.10. The second kappa shape index (κ2) is 7.00. The highest BCUT2D eigenvalue weighted by Crippen LogP contribution is 2.25. The lowest BCUT2D eigenvalue weighted by atomic mass is 10.3. The van der Waals surface area contributed by atoms with Crippen LogP contribution in [0, 0.1) is 0 Å². The number of carbonyl (C=O) groups is 2. The van der Waals surface area contributed by atoms with Gasteiger partial charge in [0.1, 0.15) is 6.54 Å². The first kappa shape index (κ1) is 15.2. The molecule has 8 heteroatoms. The summed E-state index contributed by atoms with van der Waals surface area (Å²) in [5.41, 5.74) is 0.0794. The number of hydrogen-bond donors (Lipinski definition) is 1. The number of carbonyl (C=O) groups excluding carboxylic acids is 1. The van der Waals surface area contributed by atoms with Crippen molar-refractivity contribution in [2.45, 2.75) is 0 Å². The zero-order valence-electron chi connectivity index (χ0n) is 11.3. The predicted molar refractivity (Wildman–Crippen MR) is 75.2 cm³/mol. The van der Waals surface area contributed by atoms with Gasteiger partial charge in [-0.3, -0.25) is 9.59 Å². The minimum Gasteiger partial charge on any atom is -0.480 e. The number of nitrogens with zero attached hydrogens (tertiary/aromatic N) is 2. The number of methoxy groups -OCH3 is 1. The Morgan fingerprint density at radius 3 is 2.95 bits per heavy atom. The number of carboxylic acids is 1. The maximum absolute atomic E-state index is 12.3. The Morgan fingerprint density at radius 1 is 1.52 bits per heavy atom. The number of aromatic nitrogens is 1. The third-order valence-corrected chi connectivity index (χ3v) is 3.56. The standard InChI is InChI=1S/C13H14N2O5S/c1-19-5-4-15(8-12(16)17)13(18)9-7-10(20-14-9)11-3-2-6-21-11/h2-3,6-7H,4-5,8H2,1H3,(H,16,17). The van der Waals surface area contributed by atoms with Crippen molar-refractivity contribution < 1.29 is 24.0 Å². The van der Waals surface area contributed by atoms with Gasteiger partial charge in [0.05, 0.1) is 11.5 Å². The topological polar surface area (TPSA) is 92.9 Å². The Kier molecular flexibility index (Phi) is 5.07. The molecule has 1 amide bonds. The molecule has 2 heterocycles. The molecule has 112 valence electrons. The van der Waals surface area contributed by atoms with Crippen LogP contribution in [-0.4, -0.2) is 53.8 Å². The zero-order chi connectivity index (χ0) is 15.2. The average Bonchev–Trinajstić information content (AvgIpc) is 3.11. The molecular weight excluding hydrogens is 296 g/mol. The molecule has 0 aliphatic heterocycles. The fourth-order valence-corrected chi connectivity index (χ4v) is 2.36. The molecule has 0 atom stereocenters. The van der Waals surface area contributed by atoms with Crippen LogP contribution in [0.25, 0.3) is 10.6 Å². The molecule has 2 aromatic rings. The summed E-state index contributed by atoms with van der Waals surface area (Å²) in [7, 11) is 1.48. The maximum atomic E-state index is 12.3. The molecule has 0 aromatic carbocycles. The number of hydrogen-bond acceptors (Lipinski definition) is 6. The van der Waals surface area contributed by atoms with Crippen LogP contribution in [0.1, 0.15) is 10.5 Å². The molecule has 0 aliphatic carbocycles. The first-order valence-electron chi connectivity index (χ1n) is 6.12. The normalized spacial score (nSPS) is 10.5. The van der Waals surface area contributed by atoms with E-state index in [-0.39, 0.29) is 18.8 Å². The van der Waals surface area contributed by atoms with Crippen LogP contribution < -0.4 is 0 Å². The molecule has 0 spiro atoms. The van der Waals surface area contributed by atoms with Crippen LogP contribution in [0.15, 0.2) is 28.1 Å². The van der Waals surface area contributed by atoms with Gasteiger partial charge in [0, 0.05) is 19.7 Å². The summed E-state index contributed by atoms with van der Waals surface area (Å²) in [4.78, 5) is 25.1. The molecule has 2 rings (SSSR count). The van der Waals surface area contributed by atoms with Crippen molar-refractivity contribution in [1.29, 1.82) is 0 Å². The average molecular weight is 310 g/mol. The van der Waals surface area contributed by atoms with Crippen LogP contribution in [0.4, 0.5) is 0 Å². The van der Waals surface area contributed by atoms with Crippen LogP contribution in [-0.2, 0) is 9.53 Å². The lowest BCUT2D eigenvalue weighted by Crippen LogP contribution is -2.38. The smallest absolute Gasteiger partial charge is 0.323 e. The van der Waals surface area contributed by atoms with Gasteiger partial charge in [0.2, 0.25) is 0 Å². The quantitative estimate of drug-likeness (QED) is 0.834. The van der Waals surface area contributed by atoms with Crippen molar-refractivity contribution in [3.8, 4) is 10.6 Å². The van der Waals surface area contributed by atoms with Gasteiger partial charge >= 0.3 is 5.97 Å². The van der Waals surface area contributed by atoms with Crippen molar-refractivity contribution in [1.82, 2.24) is 10.1 Å². The molecule has 1 N–H and O–H groups in total. The van der Waals surface area contributed by atoms with Crippen molar-refractivity contribution in [3.63, 3.8) is 0 Å². The third kappa shape index (κ3) is 3.89. The maximum Gasteiger partial charge on any atom is 0.323 e. The van der Waals surface area contributed by atoms with Crippen LogP contribution in [0.3, 0.4) is 0 Å². The number of carboxylic acid groups (broad SMARTS) is 1. The van der Waals surface area contributed by atoms with Crippen LogP contribution in [0.5, 0.6) is 0 Å². The lowest BCUT2D eigenvalue weighted by molar-refractivity contribution is -0.137. The summed E-state index contributed by atoms with van der Waals surface area (Å²) < 4.78 is 10.00. The molecule has 0 bridgehead atoms. The van der Waals surface area contributed by atoms with Crippen molar-refractivity contribution in [2.75, 3.05) is 26.8 Å². The summed E-state index contributed by atoms with van der Waals surface area (Å²) >= 11 is 1.46. The molecular formula is C13H14N2O5S. The van der Waals surface area contributed by atoms with E-state index in [4.69, 9.17) is 14.4 Å². The largest absolute Gasteiger partial charge is 0.480 e. The van der Waals surface area contributed by atoms with Gasteiger partial charge in [-0.1, -0.05) is 11.2 Å². The number of amides is 1. The number of ether oxygens (including phenoxy) is 1. The van der Waals surface area contributed by atoms with E-state index < -0.39 is 18.4 Å². The van der Waals surface area contributed by atoms with Crippen LogP contribution in [0.2, 0.25) is 0 Å². The summed E-state index contributed by atoms with van der Waals surface area (Å²) in [6.07, 6.45) is 0. The van der Waals surface area contributed by atoms with E-state index in [1.807, 2.05) is 17.5 Å². The highest BCUT2D eigenvalue weighted by Gasteiger charge is 2.22. The molecule has 0 saturated carbocycles. The Balaban J connectivity index is 2.14. The van der Waals surface area contributed by atoms with Crippen molar-refractivity contribution in [3.05, 3.63) is 29.3 Å². The van der Waals surface area contributed by atoms with Gasteiger partial charge in [-0.15, -0.1) is 11.3 Å². The fraction of sp³-hybridized carbons (Fsp3) is 0.308. The summed E-state index contributed by atoms with van der Waals surface area (Å²) in [5.74, 6) is -1.11. The second-order valence-corrected chi connectivity index (χ2v) is 5.11. The van der Waals surface area contributed by atoms with Crippen LogP contribution >= 0.6 is 11.3 Å². The molecule has 7 nitrogen and oxygen atoms in total. The Bertz CT molecular complexity index is 608. The van der Waals surface area contributed by atoms with Crippen molar-refractivity contribution in [2.24, 2.45) is 0 Å². The number of aliphatic carboxylic acids is 1. The van der Waals surface area contributed by atoms with E-state index in [0.717, 1.165) is 9.78 Å². The van der Waals surface area contributed by atoms with E-state index in [1.54, 1.807) is 0 Å². The van der Waals surface area contributed by atoms with E-state index in [1.165, 1.54) is 24.5 Å². The molecule has 0 unspecified atom stereocenters. The fourth-order valence-electron chi connectivity index (χ4n) is 1.69. The monoisotopic (exact) mass is 310 g/mol.